The Kier molecular flexibility index (Phi) is 8.00. The molecule has 7 heteroatoms. The van der Waals surface area contributed by atoms with Crippen molar-refractivity contribution < 1.29 is 9.18 Å². The van der Waals surface area contributed by atoms with E-state index in [9.17, 15) is 9.18 Å². The molecular formula is C33H40FN5O. The van der Waals surface area contributed by atoms with E-state index in [1.54, 1.807) is 12.1 Å². The van der Waals surface area contributed by atoms with E-state index < -0.39 is 0 Å². The van der Waals surface area contributed by atoms with Crippen molar-refractivity contribution in [3.63, 3.8) is 0 Å². The Labute approximate surface area is 236 Å². The van der Waals surface area contributed by atoms with Gasteiger partial charge in [-0.1, -0.05) is 54.8 Å². The Hall–Kier alpha value is -3.45. The summed E-state index contributed by atoms with van der Waals surface area (Å²) in [5.41, 5.74) is 7.55. The number of halogens is 1. The molecule has 40 heavy (non-hydrogen) atoms. The van der Waals surface area contributed by atoms with Crippen molar-refractivity contribution in [1.29, 1.82) is 0 Å². The van der Waals surface area contributed by atoms with Gasteiger partial charge in [-0.2, -0.15) is 5.10 Å². The first-order valence-electron chi connectivity index (χ1n) is 14.9. The second kappa shape index (κ2) is 12.0. The number of hydrogen-bond acceptors (Lipinski definition) is 3. The van der Waals surface area contributed by atoms with Crippen LogP contribution in [0.3, 0.4) is 0 Å². The van der Waals surface area contributed by atoms with Gasteiger partial charge in [-0.3, -0.25) is 0 Å². The van der Waals surface area contributed by atoms with Gasteiger partial charge in [-0.05, 0) is 80.9 Å². The third kappa shape index (κ3) is 5.71. The van der Waals surface area contributed by atoms with Crippen LogP contribution in [0.25, 0.3) is 5.69 Å². The number of amides is 2. The molecule has 210 valence electrons. The lowest BCUT2D eigenvalue weighted by Gasteiger charge is -2.30. The Morgan fingerprint density at radius 2 is 1.85 bits per heavy atom. The minimum Gasteiger partial charge on any atom is -0.337 e. The Morgan fingerprint density at radius 1 is 1.07 bits per heavy atom. The molecule has 2 aromatic carbocycles. The van der Waals surface area contributed by atoms with Gasteiger partial charge < -0.3 is 15.5 Å². The molecule has 1 aliphatic heterocycles. The van der Waals surface area contributed by atoms with Crippen LogP contribution in [0, 0.1) is 11.7 Å². The van der Waals surface area contributed by atoms with Gasteiger partial charge in [0.2, 0.25) is 0 Å². The highest BCUT2D eigenvalue weighted by molar-refractivity contribution is 5.74. The van der Waals surface area contributed by atoms with E-state index in [0.717, 1.165) is 56.6 Å². The van der Waals surface area contributed by atoms with Crippen molar-refractivity contribution in [2.45, 2.75) is 63.8 Å². The average molecular weight is 542 g/mol. The molecule has 2 amide bonds. The molecule has 1 saturated heterocycles. The minimum absolute atomic E-state index is 0.0522. The maximum absolute atomic E-state index is 13.5. The highest BCUT2D eigenvalue weighted by Gasteiger charge is 2.37. The van der Waals surface area contributed by atoms with Crippen LogP contribution >= 0.6 is 0 Å². The van der Waals surface area contributed by atoms with Crippen LogP contribution < -0.4 is 10.6 Å². The number of hydrogen-bond donors (Lipinski definition) is 2. The van der Waals surface area contributed by atoms with Gasteiger partial charge in [0.25, 0.3) is 0 Å². The number of fused-ring (bicyclic) bond motifs is 1. The predicted molar refractivity (Wildman–Crippen MR) is 156 cm³/mol. The molecular weight excluding hydrogens is 501 g/mol. The number of benzene rings is 2. The number of nitrogens with zero attached hydrogens (tertiary/aromatic N) is 3. The molecule has 6 rings (SSSR count). The third-order valence-electron chi connectivity index (χ3n) is 9.12. The number of carbonyl (C=O) groups excluding carboxylic acids is 1. The van der Waals surface area contributed by atoms with E-state index in [1.165, 1.54) is 53.8 Å². The number of aromatic nitrogens is 2. The summed E-state index contributed by atoms with van der Waals surface area (Å²) >= 11 is 0. The first-order valence-corrected chi connectivity index (χ1v) is 14.9. The van der Waals surface area contributed by atoms with Crippen LogP contribution in [0.4, 0.5) is 9.18 Å². The molecule has 3 aliphatic rings. The topological polar surface area (TPSA) is 62.2 Å². The molecule has 1 fully saturated rings. The Morgan fingerprint density at radius 3 is 2.62 bits per heavy atom. The number of urea groups is 1. The van der Waals surface area contributed by atoms with Crippen LogP contribution in [-0.4, -0.2) is 46.9 Å². The minimum atomic E-state index is -0.237. The molecule has 2 heterocycles. The molecule has 0 saturated carbocycles. The zero-order valence-electron chi connectivity index (χ0n) is 23.4. The zero-order chi connectivity index (χ0) is 27.5. The first-order chi connectivity index (χ1) is 19.6. The van der Waals surface area contributed by atoms with Crippen LogP contribution in [0.1, 0.15) is 74.2 Å². The lowest BCUT2D eigenvalue weighted by atomic mass is 9.78. The standard InChI is InChI=1S/C33H40FN5O/c1-23-29-22-36-39(28-14-12-27(34)13-15-28)31(29)21-26-11-10-25(32(23)26)20-30(24-8-4-2-5-9-24)37-33(40)35-16-19-38-17-6-3-7-18-38/h2,4-5,8-9,12-15,22-23,25,30H,3,6-7,10-11,16-21H2,1H3,(H2,35,37,40)/t23-,25+,30?/m0/s1. The SMILES string of the molecule is C[C@@H]1C2=C(CC[C@@H]2CC(NC(=O)NCCN2CCCCC2)c2ccccc2)Cc2c1cnn2-c1ccc(F)cc1. The number of allylic oxidation sites excluding steroid dienone is 2. The number of carbonyl (C=O) groups is 1. The lowest BCUT2D eigenvalue weighted by molar-refractivity contribution is 0.218. The normalized spacial score (nSPS) is 21.6. The molecule has 6 nitrogen and oxygen atoms in total. The molecule has 2 N–H and O–H groups in total. The molecule has 3 atom stereocenters. The highest BCUT2D eigenvalue weighted by Crippen LogP contribution is 2.49. The number of piperidine rings is 1. The van der Waals surface area contributed by atoms with Crippen LogP contribution in [0.15, 0.2) is 71.9 Å². The van der Waals surface area contributed by atoms with Crippen molar-refractivity contribution in [3.8, 4) is 5.69 Å². The van der Waals surface area contributed by atoms with Crippen LogP contribution in [0.5, 0.6) is 0 Å². The number of nitrogens with one attached hydrogen (secondary N) is 2. The fourth-order valence-electron chi connectivity index (χ4n) is 7.10. The molecule has 0 radical (unpaired) electrons. The molecule has 0 spiro atoms. The smallest absolute Gasteiger partial charge is 0.315 e. The second-order valence-electron chi connectivity index (χ2n) is 11.6. The summed E-state index contributed by atoms with van der Waals surface area (Å²) < 4.78 is 15.5. The largest absolute Gasteiger partial charge is 0.337 e. The van der Waals surface area contributed by atoms with E-state index in [4.69, 9.17) is 5.10 Å². The fourth-order valence-corrected chi connectivity index (χ4v) is 7.10. The van der Waals surface area contributed by atoms with Gasteiger partial charge in [-0.15, -0.1) is 0 Å². The molecule has 1 aromatic heterocycles. The third-order valence-corrected chi connectivity index (χ3v) is 9.12. The van der Waals surface area contributed by atoms with Crippen LogP contribution in [-0.2, 0) is 6.42 Å². The molecule has 2 aliphatic carbocycles. The van der Waals surface area contributed by atoms with Crippen molar-refractivity contribution in [3.05, 3.63) is 94.6 Å². The average Bonchev–Trinajstić information content (AvgIpc) is 3.59. The van der Waals surface area contributed by atoms with E-state index in [2.05, 4.69) is 46.7 Å². The number of rotatable bonds is 8. The summed E-state index contributed by atoms with van der Waals surface area (Å²) in [5.74, 6) is 0.445. The summed E-state index contributed by atoms with van der Waals surface area (Å²) in [6.45, 7) is 6.15. The van der Waals surface area contributed by atoms with Crippen LogP contribution in [0.2, 0.25) is 0 Å². The highest BCUT2D eigenvalue weighted by atomic mass is 19.1. The summed E-state index contributed by atoms with van der Waals surface area (Å²) in [4.78, 5) is 15.5. The van der Waals surface area contributed by atoms with Gasteiger partial charge in [-0.25, -0.2) is 13.9 Å². The van der Waals surface area contributed by atoms with Gasteiger partial charge in [0.15, 0.2) is 0 Å². The van der Waals surface area contributed by atoms with Crippen molar-refractivity contribution in [2.24, 2.45) is 5.92 Å². The Bertz CT molecular complexity index is 1340. The second-order valence-corrected chi connectivity index (χ2v) is 11.6. The van der Waals surface area contributed by atoms with E-state index in [0.29, 0.717) is 12.5 Å². The quantitative estimate of drug-likeness (QED) is 0.329. The first kappa shape index (κ1) is 26.8. The van der Waals surface area contributed by atoms with Gasteiger partial charge in [0, 0.05) is 31.0 Å². The van der Waals surface area contributed by atoms with Gasteiger partial charge in [0.1, 0.15) is 5.82 Å². The maximum atomic E-state index is 13.5. The van der Waals surface area contributed by atoms with E-state index in [1.807, 2.05) is 16.9 Å². The molecule has 0 bridgehead atoms. The zero-order valence-corrected chi connectivity index (χ0v) is 23.4. The van der Waals surface area contributed by atoms with Gasteiger partial charge >= 0.3 is 6.03 Å². The Balaban J connectivity index is 1.15. The summed E-state index contributed by atoms with van der Waals surface area (Å²) in [5, 5.41) is 11.1. The molecule has 1 unspecified atom stereocenters. The number of likely N-dealkylation sites (tertiary alicyclic amines) is 1. The van der Waals surface area contributed by atoms with Gasteiger partial charge in [0.05, 0.1) is 23.6 Å². The monoisotopic (exact) mass is 541 g/mol. The van der Waals surface area contributed by atoms with Crippen molar-refractivity contribution in [2.75, 3.05) is 26.2 Å². The maximum Gasteiger partial charge on any atom is 0.315 e. The van der Waals surface area contributed by atoms with E-state index in [-0.39, 0.29) is 23.8 Å². The summed E-state index contributed by atoms with van der Waals surface area (Å²) in [6, 6.07) is 16.8. The van der Waals surface area contributed by atoms with E-state index >= 15 is 0 Å². The fraction of sp³-hybridized carbons (Fsp3) is 0.455. The summed E-state index contributed by atoms with van der Waals surface area (Å²) in [7, 11) is 0. The molecule has 3 aromatic rings. The van der Waals surface area contributed by atoms with Crippen molar-refractivity contribution in [1.82, 2.24) is 25.3 Å². The summed E-state index contributed by atoms with van der Waals surface area (Å²) in [6.07, 6.45) is 9.76. The predicted octanol–water partition coefficient (Wildman–Crippen LogP) is 6.29. The van der Waals surface area contributed by atoms with Crippen molar-refractivity contribution >= 4 is 6.03 Å². The lowest BCUT2D eigenvalue weighted by Crippen LogP contribution is -2.43.